The van der Waals surface area contributed by atoms with Crippen molar-refractivity contribution in [3.05, 3.63) is 52.2 Å². The van der Waals surface area contributed by atoms with E-state index in [0.29, 0.717) is 33.8 Å². The number of hydrogen-bond acceptors (Lipinski definition) is 6. The summed E-state index contributed by atoms with van der Waals surface area (Å²) < 4.78 is 21.8. The molecular weight excluding hydrogens is 322 g/mol. The highest BCUT2D eigenvalue weighted by atomic mass is 16.5. The van der Waals surface area contributed by atoms with Crippen LogP contribution in [0.3, 0.4) is 0 Å². The molecule has 126 valence electrons. The predicted molar refractivity (Wildman–Crippen MR) is 92.3 cm³/mol. The summed E-state index contributed by atoms with van der Waals surface area (Å²) in [6.07, 6.45) is 0. The Labute approximate surface area is 143 Å². The fraction of sp³-hybridized carbons (Fsp3) is 0.158. The summed E-state index contributed by atoms with van der Waals surface area (Å²) in [5.74, 6) is 1.37. The highest BCUT2D eigenvalue weighted by molar-refractivity contribution is 5.82. The Morgan fingerprint density at radius 3 is 2.20 bits per heavy atom. The SMILES string of the molecule is COc1cc(-c2oc3ccccc3c(=O)c2C#N)cc(OC)c1OC. The fourth-order valence-corrected chi connectivity index (χ4v) is 2.66. The van der Waals surface area contributed by atoms with E-state index in [0.717, 1.165) is 0 Å². The maximum Gasteiger partial charge on any atom is 0.211 e. The number of benzene rings is 2. The first-order valence-electron chi connectivity index (χ1n) is 7.41. The third kappa shape index (κ3) is 2.66. The molecule has 0 unspecified atom stereocenters. The van der Waals surface area contributed by atoms with Crippen molar-refractivity contribution in [3.63, 3.8) is 0 Å². The van der Waals surface area contributed by atoms with Crippen LogP contribution in [0.4, 0.5) is 0 Å². The highest BCUT2D eigenvalue weighted by Gasteiger charge is 2.20. The van der Waals surface area contributed by atoms with Crippen LogP contribution in [0.2, 0.25) is 0 Å². The molecule has 1 aromatic heterocycles. The molecule has 0 saturated heterocycles. The van der Waals surface area contributed by atoms with E-state index in [1.165, 1.54) is 21.3 Å². The minimum Gasteiger partial charge on any atom is -0.493 e. The first-order chi connectivity index (χ1) is 12.1. The van der Waals surface area contributed by atoms with Gasteiger partial charge in [-0.05, 0) is 24.3 Å². The van der Waals surface area contributed by atoms with E-state index in [1.807, 2.05) is 6.07 Å². The van der Waals surface area contributed by atoms with E-state index in [2.05, 4.69) is 0 Å². The van der Waals surface area contributed by atoms with Gasteiger partial charge in [-0.3, -0.25) is 4.79 Å². The number of nitriles is 1. The lowest BCUT2D eigenvalue weighted by atomic mass is 10.0. The molecule has 0 aliphatic heterocycles. The minimum atomic E-state index is -0.381. The molecule has 1 heterocycles. The van der Waals surface area contributed by atoms with Gasteiger partial charge in [-0.25, -0.2) is 0 Å². The smallest absolute Gasteiger partial charge is 0.211 e. The minimum absolute atomic E-state index is 0.0760. The lowest BCUT2D eigenvalue weighted by Crippen LogP contribution is -2.08. The van der Waals surface area contributed by atoms with E-state index in [4.69, 9.17) is 18.6 Å². The molecule has 25 heavy (non-hydrogen) atoms. The van der Waals surface area contributed by atoms with E-state index in [-0.39, 0.29) is 16.8 Å². The topological polar surface area (TPSA) is 81.7 Å². The van der Waals surface area contributed by atoms with Crippen LogP contribution in [-0.2, 0) is 0 Å². The first-order valence-corrected chi connectivity index (χ1v) is 7.41. The molecule has 6 heteroatoms. The van der Waals surface area contributed by atoms with E-state index in [1.54, 1.807) is 36.4 Å². The molecule has 0 aliphatic rings. The van der Waals surface area contributed by atoms with Gasteiger partial charge in [-0.15, -0.1) is 0 Å². The summed E-state index contributed by atoms with van der Waals surface area (Å²) >= 11 is 0. The van der Waals surface area contributed by atoms with Crippen LogP contribution in [0.25, 0.3) is 22.3 Å². The van der Waals surface area contributed by atoms with E-state index in [9.17, 15) is 10.1 Å². The summed E-state index contributed by atoms with van der Waals surface area (Å²) in [6, 6.07) is 12.0. The van der Waals surface area contributed by atoms with Gasteiger partial charge in [0.2, 0.25) is 11.2 Å². The largest absolute Gasteiger partial charge is 0.493 e. The van der Waals surface area contributed by atoms with Gasteiger partial charge in [-0.2, -0.15) is 5.26 Å². The molecule has 0 N–H and O–H groups in total. The molecular formula is C19H15NO5. The van der Waals surface area contributed by atoms with Gasteiger partial charge in [0, 0.05) is 5.56 Å². The van der Waals surface area contributed by atoms with Gasteiger partial charge in [-0.1, -0.05) is 12.1 Å². The van der Waals surface area contributed by atoms with Gasteiger partial charge in [0.25, 0.3) is 0 Å². The molecule has 0 fully saturated rings. The van der Waals surface area contributed by atoms with Crippen LogP contribution in [-0.4, -0.2) is 21.3 Å². The van der Waals surface area contributed by atoms with Crippen LogP contribution in [0, 0.1) is 11.3 Å². The summed E-state index contributed by atoms with van der Waals surface area (Å²) in [7, 11) is 4.47. The molecule has 0 atom stereocenters. The number of para-hydroxylation sites is 1. The van der Waals surface area contributed by atoms with Crippen molar-refractivity contribution in [1.82, 2.24) is 0 Å². The van der Waals surface area contributed by atoms with Crippen molar-refractivity contribution in [2.24, 2.45) is 0 Å². The van der Waals surface area contributed by atoms with E-state index >= 15 is 0 Å². The molecule has 0 bridgehead atoms. The quantitative estimate of drug-likeness (QED) is 0.726. The first kappa shape index (κ1) is 16.4. The molecule has 3 rings (SSSR count). The van der Waals surface area contributed by atoms with Gasteiger partial charge < -0.3 is 18.6 Å². The van der Waals surface area contributed by atoms with Crippen molar-refractivity contribution in [2.45, 2.75) is 0 Å². The number of nitrogens with zero attached hydrogens (tertiary/aromatic N) is 1. The van der Waals surface area contributed by atoms with Crippen molar-refractivity contribution in [3.8, 4) is 34.6 Å². The number of rotatable bonds is 4. The molecule has 0 saturated carbocycles. The summed E-state index contributed by atoms with van der Waals surface area (Å²) in [4.78, 5) is 12.6. The van der Waals surface area contributed by atoms with Crippen molar-refractivity contribution in [2.75, 3.05) is 21.3 Å². The summed E-state index contributed by atoms with van der Waals surface area (Å²) in [6.45, 7) is 0. The molecule has 0 aliphatic carbocycles. The van der Waals surface area contributed by atoms with Crippen LogP contribution in [0.1, 0.15) is 5.56 Å². The Hall–Kier alpha value is -3.46. The lowest BCUT2D eigenvalue weighted by Gasteiger charge is -2.14. The van der Waals surface area contributed by atoms with Gasteiger partial charge >= 0.3 is 0 Å². The highest BCUT2D eigenvalue weighted by Crippen LogP contribution is 2.41. The van der Waals surface area contributed by atoms with Crippen LogP contribution in [0.15, 0.2) is 45.6 Å². The Morgan fingerprint density at radius 1 is 1.00 bits per heavy atom. The number of ether oxygens (including phenoxy) is 3. The number of methoxy groups -OCH3 is 3. The Morgan fingerprint density at radius 2 is 1.64 bits per heavy atom. The van der Waals surface area contributed by atoms with Crippen molar-refractivity contribution in [1.29, 1.82) is 5.26 Å². The monoisotopic (exact) mass is 337 g/mol. The molecule has 3 aromatic rings. The lowest BCUT2D eigenvalue weighted by molar-refractivity contribution is 0.324. The van der Waals surface area contributed by atoms with Crippen LogP contribution in [0.5, 0.6) is 17.2 Å². The average molecular weight is 337 g/mol. The van der Waals surface area contributed by atoms with Crippen LogP contribution < -0.4 is 19.6 Å². The normalized spacial score (nSPS) is 10.3. The number of fused-ring (bicyclic) bond motifs is 1. The Kier molecular flexibility index (Phi) is 4.31. The summed E-state index contributed by atoms with van der Waals surface area (Å²) in [5, 5.41) is 9.83. The maximum atomic E-state index is 12.6. The predicted octanol–water partition coefficient (Wildman–Crippen LogP) is 3.36. The number of hydrogen-bond donors (Lipinski definition) is 0. The zero-order valence-electron chi connectivity index (χ0n) is 14.0. The standard InChI is InChI=1S/C19H15NO5/c1-22-15-8-11(9-16(23-2)19(15)24-3)18-13(10-20)17(21)12-6-4-5-7-14(12)25-18/h4-9H,1-3H3. The Bertz CT molecular complexity index is 1020. The van der Waals surface area contributed by atoms with E-state index < -0.39 is 0 Å². The molecule has 0 amide bonds. The Balaban J connectivity index is 2.37. The third-order valence-corrected chi connectivity index (χ3v) is 3.84. The zero-order valence-corrected chi connectivity index (χ0v) is 14.0. The average Bonchev–Trinajstić information content (AvgIpc) is 2.66. The van der Waals surface area contributed by atoms with Crippen molar-refractivity contribution < 1.29 is 18.6 Å². The summed E-state index contributed by atoms with van der Waals surface area (Å²) in [5.41, 5.74) is 0.422. The second kappa shape index (κ2) is 6.57. The van der Waals surface area contributed by atoms with Gasteiger partial charge in [0.15, 0.2) is 17.3 Å². The van der Waals surface area contributed by atoms with Crippen LogP contribution >= 0.6 is 0 Å². The third-order valence-electron chi connectivity index (χ3n) is 3.84. The zero-order chi connectivity index (χ0) is 18.0. The van der Waals surface area contributed by atoms with Crippen molar-refractivity contribution >= 4 is 11.0 Å². The molecule has 0 radical (unpaired) electrons. The second-order valence-corrected chi connectivity index (χ2v) is 5.16. The van der Waals surface area contributed by atoms with Gasteiger partial charge in [0.05, 0.1) is 26.7 Å². The molecule has 0 spiro atoms. The second-order valence-electron chi connectivity index (χ2n) is 5.16. The fourth-order valence-electron chi connectivity index (χ4n) is 2.66. The molecule has 6 nitrogen and oxygen atoms in total. The maximum absolute atomic E-state index is 12.6. The molecule has 2 aromatic carbocycles. The van der Waals surface area contributed by atoms with Gasteiger partial charge in [0.1, 0.15) is 17.2 Å².